The zero-order valence-corrected chi connectivity index (χ0v) is 14.4. The van der Waals surface area contributed by atoms with Gasteiger partial charge in [0.05, 0.1) is 22.7 Å². The summed E-state index contributed by atoms with van der Waals surface area (Å²) in [6, 6.07) is 6.33. The van der Waals surface area contributed by atoms with E-state index in [0.29, 0.717) is 21.9 Å². The number of pyridine rings is 1. The van der Waals surface area contributed by atoms with Gasteiger partial charge in [0, 0.05) is 6.20 Å². The average molecular weight is 369 g/mol. The lowest BCUT2D eigenvalue weighted by Crippen LogP contribution is -2.21. The highest BCUT2D eigenvalue weighted by molar-refractivity contribution is 6.37. The number of anilines is 1. The zero-order valence-electron chi connectivity index (χ0n) is 12.9. The van der Waals surface area contributed by atoms with Gasteiger partial charge in [-0.3, -0.25) is 4.79 Å². The van der Waals surface area contributed by atoms with Crippen molar-refractivity contribution in [1.29, 1.82) is 0 Å². The number of esters is 1. The largest absolute Gasteiger partial charge is 0.497 e. The van der Waals surface area contributed by atoms with Crippen molar-refractivity contribution in [3.05, 3.63) is 51.6 Å². The summed E-state index contributed by atoms with van der Waals surface area (Å²) in [6.45, 7) is 1.23. The van der Waals surface area contributed by atoms with E-state index in [1.807, 2.05) is 0 Å². The van der Waals surface area contributed by atoms with Crippen LogP contribution in [0.5, 0.6) is 5.75 Å². The van der Waals surface area contributed by atoms with Gasteiger partial charge in [-0.15, -0.1) is 0 Å². The molecule has 2 rings (SSSR count). The molecule has 0 aliphatic carbocycles. The molecule has 0 radical (unpaired) electrons. The monoisotopic (exact) mass is 368 g/mol. The highest BCUT2D eigenvalue weighted by Gasteiger charge is 2.14. The predicted molar refractivity (Wildman–Crippen MR) is 90.9 cm³/mol. The van der Waals surface area contributed by atoms with Gasteiger partial charge < -0.3 is 14.8 Å². The number of hydrogen-bond donors (Lipinski definition) is 1. The van der Waals surface area contributed by atoms with Crippen molar-refractivity contribution < 1.29 is 19.1 Å². The van der Waals surface area contributed by atoms with Crippen molar-refractivity contribution >= 4 is 40.9 Å². The van der Waals surface area contributed by atoms with Crippen LogP contribution in [0.4, 0.5) is 5.82 Å². The van der Waals surface area contributed by atoms with Gasteiger partial charge in [0.1, 0.15) is 5.75 Å². The first kappa shape index (κ1) is 18.0. The first-order chi connectivity index (χ1) is 11.4. The smallest absolute Gasteiger partial charge is 0.338 e. The molecule has 0 saturated heterocycles. The maximum absolute atomic E-state index is 11.9. The maximum Gasteiger partial charge on any atom is 0.338 e. The number of ether oxygens (including phenoxy) is 2. The highest BCUT2D eigenvalue weighted by atomic mass is 35.5. The van der Waals surface area contributed by atoms with E-state index in [1.54, 1.807) is 31.2 Å². The van der Waals surface area contributed by atoms with Crippen molar-refractivity contribution in [2.45, 2.75) is 6.92 Å². The summed E-state index contributed by atoms with van der Waals surface area (Å²) in [4.78, 5) is 27.7. The lowest BCUT2D eigenvalue weighted by molar-refractivity contribution is -0.119. The van der Waals surface area contributed by atoms with Gasteiger partial charge in [-0.1, -0.05) is 23.2 Å². The van der Waals surface area contributed by atoms with Crippen LogP contribution in [-0.2, 0) is 9.53 Å². The molecule has 126 valence electrons. The Bertz CT molecular complexity index is 763. The first-order valence-electron chi connectivity index (χ1n) is 6.84. The van der Waals surface area contributed by atoms with E-state index in [9.17, 15) is 9.59 Å². The molecule has 0 unspecified atom stereocenters. The van der Waals surface area contributed by atoms with Gasteiger partial charge in [0.2, 0.25) is 0 Å². The molecule has 0 fully saturated rings. The fraction of sp³-hybridized carbons (Fsp3) is 0.188. The number of hydrogen-bond acceptors (Lipinski definition) is 5. The number of carbonyl (C=O) groups excluding carboxylic acids is 2. The minimum atomic E-state index is -0.626. The number of nitrogens with zero attached hydrogens (tertiary/aromatic N) is 1. The van der Waals surface area contributed by atoms with E-state index >= 15 is 0 Å². The van der Waals surface area contributed by atoms with E-state index in [-0.39, 0.29) is 10.8 Å². The molecule has 1 aromatic carbocycles. The number of benzene rings is 1. The van der Waals surface area contributed by atoms with Crippen LogP contribution in [0.25, 0.3) is 0 Å². The first-order valence-corrected chi connectivity index (χ1v) is 7.59. The lowest BCUT2D eigenvalue weighted by Gasteiger charge is -2.09. The molecule has 0 atom stereocenters. The Morgan fingerprint density at radius 2 is 1.88 bits per heavy atom. The standard InChI is InChI=1S/C16H14Cl2N2O4/c1-9-12(17)7-19-15(14(9)18)20-13(21)8-24-16(22)10-3-5-11(23-2)6-4-10/h3-7H,8H2,1-2H3,(H,19,20,21). The van der Waals surface area contributed by atoms with Gasteiger partial charge in [-0.05, 0) is 36.8 Å². The SMILES string of the molecule is COc1ccc(C(=O)OCC(=O)Nc2ncc(Cl)c(C)c2Cl)cc1. The van der Waals surface area contributed by atoms with E-state index in [4.69, 9.17) is 32.7 Å². The molecular formula is C16H14Cl2N2O4. The molecule has 1 heterocycles. The predicted octanol–water partition coefficient (Wildman–Crippen LogP) is 3.50. The fourth-order valence-corrected chi connectivity index (χ4v) is 2.14. The second-order valence-corrected chi connectivity index (χ2v) is 5.53. The van der Waals surface area contributed by atoms with Crippen LogP contribution < -0.4 is 10.1 Å². The minimum absolute atomic E-state index is 0.157. The van der Waals surface area contributed by atoms with Crippen molar-refractivity contribution in [2.24, 2.45) is 0 Å². The topological polar surface area (TPSA) is 77.5 Å². The molecular weight excluding hydrogens is 355 g/mol. The molecule has 0 aliphatic heterocycles. The Balaban J connectivity index is 1.93. The van der Waals surface area contributed by atoms with Crippen LogP contribution >= 0.6 is 23.2 Å². The zero-order chi connectivity index (χ0) is 17.7. The van der Waals surface area contributed by atoms with E-state index in [1.165, 1.54) is 13.3 Å². The fourth-order valence-electron chi connectivity index (χ4n) is 1.75. The summed E-state index contributed by atoms with van der Waals surface area (Å²) < 4.78 is 9.94. The molecule has 0 spiro atoms. The Morgan fingerprint density at radius 1 is 1.21 bits per heavy atom. The van der Waals surface area contributed by atoms with Gasteiger partial charge in [-0.25, -0.2) is 9.78 Å². The normalized spacial score (nSPS) is 10.2. The molecule has 0 saturated carbocycles. The van der Waals surface area contributed by atoms with E-state index < -0.39 is 18.5 Å². The molecule has 1 amide bonds. The molecule has 8 heteroatoms. The summed E-state index contributed by atoms with van der Waals surface area (Å²) >= 11 is 11.9. The molecule has 0 bridgehead atoms. The van der Waals surface area contributed by atoms with Crippen LogP contribution in [0.1, 0.15) is 15.9 Å². The third-order valence-corrected chi connectivity index (χ3v) is 3.96. The third-order valence-electron chi connectivity index (χ3n) is 3.12. The van der Waals surface area contributed by atoms with Crippen LogP contribution in [-0.4, -0.2) is 30.6 Å². The number of carbonyl (C=O) groups is 2. The highest BCUT2D eigenvalue weighted by Crippen LogP contribution is 2.28. The van der Waals surface area contributed by atoms with Crippen LogP contribution in [0.2, 0.25) is 10.0 Å². The van der Waals surface area contributed by atoms with Crippen LogP contribution in [0, 0.1) is 6.92 Å². The van der Waals surface area contributed by atoms with Crippen molar-refractivity contribution in [3.63, 3.8) is 0 Å². The van der Waals surface area contributed by atoms with Gasteiger partial charge >= 0.3 is 5.97 Å². The number of rotatable bonds is 5. The number of methoxy groups -OCH3 is 1. The van der Waals surface area contributed by atoms with Gasteiger partial charge in [0.25, 0.3) is 5.91 Å². The van der Waals surface area contributed by atoms with E-state index in [0.717, 1.165) is 0 Å². The second kappa shape index (κ2) is 7.99. The molecule has 1 aromatic heterocycles. The summed E-state index contributed by atoms with van der Waals surface area (Å²) in [5.74, 6) is -0.417. The molecule has 6 nitrogen and oxygen atoms in total. The Hall–Kier alpha value is -2.31. The quantitative estimate of drug-likeness (QED) is 0.817. The third kappa shape index (κ3) is 4.37. The van der Waals surface area contributed by atoms with Gasteiger partial charge in [-0.2, -0.15) is 0 Å². The number of aromatic nitrogens is 1. The second-order valence-electron chi connectivity index (χ2n) is 4.75. The Morgan fingerprint density at radius 3 is 2.50 bits per heavy atom. The minimum Gasteiger partial charge on any atom is -0.497 e. The summed E-state index contributed by atoms with van der Waals surface area (Å²) in [5.41, 5.74) is 0.904. The number of halogens is 2. The van der Waals surface area contributed by atoms with Gasteiger partial charge in [0.15, 0.2) is 12.4 Å². The maximum atomic E-state index is 11.9. The number of amides is 1. The number of nitrogens with one attached hydrogen (secondary N) is 1. The van der Waals surface area contributed by atoms with Crippen LogP contribution in [0.15, 0.2) is 30.5 Å². The molecule has 1 N–H and O–H groups in total. The van der Waals surface area contributed by atoms with Crippen molar-refractivity contribution in [2.75, 3.05) is 19.0 Å². The van der Waals surface area contributed by atoms with Crippen molar-refractivity contribution in [1.82, 2.24) is 4.98 Å². The summed E-state index contributed by atoms with van der Waals surface area (Å²) in [6.07, 6.45) is 1.38. The van der Waals surface area contributed by atoms with Crippen LogP contribution in [0.3, 0.4) is 0 Å². The average Bonchev–Trinajstić information content (AvgIpc) is 2.60. The lowest BCUT2D eigenvalue weighted by atomic mass is 10.2. The summed E-state index contributed by atoms with van der Waals surface area (Å²) in [7, 11) is 1.52. The Labute approximate surface area is 148 Å². The molecule has 24 heavy (non-hydrogen) atoms. The Kier molecular flexibility index (Phi) is 6.00. The molecule has 2 aromatic rings. The summed E-state index contributed by atoms with van der Waals surface area (Å²) in [5, 5.41) is 3.09. The van der Waals surface area contributed by atoms with E-state index in [2.05, 4.69) is 10.3 Å². The molecule has 0 aliphatic rings. The van der Waals surface area contributed by atoms with Crippen molar-refractivity contribution in [3.8, 4) is 5.75 Å².